The Kier molecular flexibility index (Phi) is 4.61. The molecule has 0 amide bonds. The molecule has 1 aromatic rings. The summed E-state index contributed by atoms with van der Waals surface area (Å²) in [7, 11) is 0. The topological polar surface area (TPSA) is 35.5 Å². The fourth-order valence-electron chi connectivity index (χ4n) is 2.67. The van der Waals surface area contributed by atoms with Crippen LogP contribution in [0.5, 0.6) is 5.75 Å². The van der Waals surface area contributed by atoms with Gasteiger partial charge < -0.3 is 15.3 Å². The molecule has 18 heavy (non-hydrogen) atoms. The molecule has 2 unspecified atom stereocenters. The van der Waals surface area contributed by atoms with Gasteiger partial charge in [-0.25, -0.2) is 0 Å². The third-order valence-electron chi connectivity index (χ3n) is 3.93. The number of hydrogen-bond donors (Lipinski definition) is 2. The highest BCUT2D eigenvalue weighted by Crippen LogP contribution is 2.24. The van der Waals surface area contributed by atoms with Crippen molar-refractivity contribution in [2.75, 3.05) is 26.2 Å². The van der Waals surface area contributed by atoms with E-state index in [1.54, 1.807) is 6.07 Å². The van der Waals surface area contributed by atoms with Gasteiger partial charge in [0.2, 0.25) is 0 Å². The van der Waals surface area contributed by atoms with E-state index in [1.165, 1.54) is 19.5 Å². The van der Waals surface area contributed by atoms with Gasteiger partial charge in [-0.1, -0.05) is 25.1 Å². The van der Waals surface area contributed by atoms with Crippen molar-refractivity contribution in [1.82, 2.24) is 10.2 Å². The smallest absolute Gasteiger partial charge is 0.120 e. The first-order chi connectivity index (χ1) is 8.70. The van der Waals surface area contributed by atoms with E-state index < -0.39 is 0 Å². The number of para-hydroxylation sites is 1. The Bertz CT molecular complexity index is 381. The van der Waals surface area contributed by atoms with Gasteiger partial charge in [0.05, 0.1) is 0 Å². The zero-order valence-corrected chi connectivity index (χ0v) is 11.4. The van der Waals surface area contributed by atoms with Crippen LogP contribution in [0.2, 0.25) is 0 Å². The van der Waals surface area contributed by atoms with E-state index in [-0.39, 0.29) is 6.04 Å². The van der Waals surface area contributed by atoms with E-state index in [9.17, 15) is 5.11 Å². The summed E-state index contributed by atoms with van der Waals surface area (Å²) in [5, 5.41) is 13.3. The van der Waals surface area contributed by atoms with E-state index in [4.69, 9.17) is 0 Å². The van der Waals surface area contributed by atoms with Gasteiger partial charge in [-0.3, -0.25) is 0 Å². The van der Waals surface area contributed by atoms with Crippen LogP contribution in [0.3, 0.4) is 0 Å². The summed E-state index contributed by atoms with van der Waals surface area (Å²) in [5.74, 6) is 1.14. The minimum atomic E-state index is 0.210. The fourth-order valence-corrected chi connectivity index (χ4v) is 2.67. The lowest BCUT2D eigenvalue weighted by Gasteiger charge is -2.19. The van der Waals surface area contributed by atoms with Gasteiger partial charge in [-0.05, 0) is 45.0 Å². The van der Waals surface area contributed by atoms with Crippen LogP contribution in [0.4, 0.5) is 0 Å². The zero-order chi connectivity index (χ0) is 13.0. The van der Waals surface area contributed by atoms with Crippen molar-refractivity contribution < 1.29 is 5.11 Å². The third-order valence-corrected chi connectivity index (χ3v) is 3.93. The Balaban J connectivity index is 1.82. The van der Waals surface area contributed by atoms with Crippen LogP contribution in [0.25, 0.3) is 0 Å². The average molecular weight is 248 g/mol. The zero-order valence-electron chi connectivity index (χ0n) is 11.4. The van der Waals surface area contributed by atoms with Crippen molar-refractivity contribution in [2.45, 2.75) is 26.3 Å². The molecule has 0 saturated carbocycles. The van der Waals surface area contributed by atoms with Crippen LogP contribution in [0.1, 0.15) is 31.9 Å². The molecule has 2 atom stereocenters. The normalized spacial score (nSPS) is 22.2. The molecule has 1 saturated heterocycles. The standard InChI is InChI=1S/C15H24N2O/c1-3-17-9-8-13(11-17)10-16-12(2)14-6-4-5-7-15(14)18/h4-7,12-13,16,18H,3,8-11H2,1-2H3. The molecule has 0 radical (unpaired) electrons. The number of benzene rings is 1. The first-order valence-electron chi connectivity index (χ1n) is 6.94. The van der Waals surface area contributed by atoms with Gasteiger partial charge in [-0.2, -0.15) is 0 Å². The van der Waals surface area contributed by atoms with Crippen LogP contribution < -0.4 is 5.32 Å². The number of aromatic hydroxyl groups is 1. The summed E-state index contributed by atoms with van der Waals surface area (Å²) in [6.45, 7) is 8.96. The first-order valence-corrected chi connectivity index (χ1v) is 6.94. The molecular weight excluding hydrogens is 224 g/mol. The van der Waals surface area contributed by atoms with Gasteiger partial charge in [0.25, 0.3) is 0 Å². The molecule has 3 heteroatoms. The van der Waals surface area contributed by atoms with Gasteiger partial charge >= 0.3 is 0 Å². The largest absolute Gasteiger partial charge is 0.508 e. The number of likely N-dealkylation sites (tertiary alicyclic amines) is 1. The molecule has 0 aromatic heterocycles. The number of rotatable bonds is 5. The second kappa shape index (κ2) is 6.21. The van der Waals surface area contributed by atoms with Crippen LogP contribution in [-0.4, -0.2) is 36.2 Å². The van der Waals surface area contributed by atoms with Gasteiger partial charge in [0, 0.05) is 18.2 Å². The number of phenolic OH excluding ortho intramolecular Hbond substituents is 1. The number of phenols is 1. The summed E-state index contributed by atoms with van der Waals surface area (Å²) in [6, 6.07) is 7.78. The van der Waals surface area contributed by atoms with Crippen LogP contribution in [0.15, 0.2) is 24.3 Å². The van der Waals surface area contributed by atoms with E-state index in [1.807, 2.05) is 18.2 Å². The Morgan fingerprint density at radius 3 is 2.89 bits per heavy atom. The van der Waals surface area contributed by atoms with E-state index in [0.717, 1.165) is 24.6 Å². The van der Waals surface area contributed by atoms with Gasteiger partial charge in [0.15, 0.2) is 0 Å². The van der Waals surface area contributed by atoms with Crippen molar-refractivity contribution in [3.63, 3.8) is 0 Å². The third kappa shape index (κ3) is 3.24. The van der Waals surface area contributed by atoms with Crippen molar-refractivity contribution in [1.29, 1.82) is 0 Å². The SMILES string of the molecule is CCN1CCC(CNC(C)c2ccccc2O)C1. The maximum Gasteiger partial charge on any atom is 0.120 e. The quantitative estimate of drug-likeness (QED) is 0.840. The first kappa shape index (κ1) is 13.4. The molecule has 3 nitrogen and oxygen atoms in total. The monoisotopic (exact) mass is 248 g/mol. The molecule has 1 aromatic carbocycles. The van der Waals surface area contributed by atoms with E-state index >= 15 is 0 Å². The number of nitrogens with zero attached hydrogens (tertiary/aromatic N) is 1. The summed E-state index contributed by atoms with van der Waals surface area (Å²) in [5.41, 5.74) is 0.989. The molecular formula is C15H24N2O. The van der Waals surface area contributed by atoms with Gasteiger partial charge in [-0.15, -0.1) is 0 Å². The second-order valence-corrected chi connectivity index (χ2v) is 5.24. The highest BCUT2D eigenvalue weighted by atomic mass is 16.3. The van der Waals surface area contributed by atoms with Crippen molar-refractivity contribution in [3.8, 4) is 5.75 Å². The minimum Gasteiger partial charge on any atom is -0.508 e. The molecule has 0 spiro atoms. The molecule has 2 N–H and O–H groups in total. The van der Waals surface area contributed by atoms with Crippen molar-refractivity contribution >= 4 is 0 Å². The molecule has 1 aliphatic rings. The summed E-state index contributed by atoms with van der Waals surface area (Å²) in [4.78, 5) is 2.50. The fraction of sp³-hybridized carbons (Fsp3) is 0.600. The van der Waals surface area contributed by atoms with E-state index in [2.05, 4.69) is 24.1 Å². The molecule has 0 aliphatic carbocycles. The molecule has 100 valence electrons. The molecule has 0 bridgehead atoms. The van der Waals surface area contributed by atoms with Crippen LogP contribution >= 0.6 is 0 Å². The van der Waals surface area contributed by atoms with Crippen molar-refractivity contribution in [3.05, 3.63) is 29.8 Å². The molecule has 1 heterocycles. The Morgan fingerprint density at radius 2 is 2.22 bits per heavy atom. The second-order valence-electron chi connectivity index (χ2n) is 5.24. The Labute approximate surface area is 110 Å². The summed E-state index contributed by atoms with van der Waals surface area (Å²) >= 11 is 0. The summed E-state index contributed by atoms with van der Waals surface area (Å²) < 4.78 is 0. The lowest BCUT2D eigenvalue weighted by Crippen LogP contribution is -2.28. The van der Waals surface area contributed by atoms with Crippen LogP contribution in [0, 0.1) is 5.92 Å². The number of nitrogens with one attached hydrogen (secondary N) is 1. The average Bonchev–Trinajstić information content (AvgIpc) is 2.84. The lowest BCUT2D eigenvalue weighted by atomic mass is 10.1. The maximum absolute atomic E-state index is 9.80. The highest BCUT2D eigenvalue weighted by Gasteiger charge is 2.21. The van der Waals surface area contributed by atoms with Gasteiger partial charge in [0.1, 0.15) is 5.75 Å². The lowest BCUT2D eigenvalue weighted by molar-refractivity contribution is 0.335. The number of hydrogen-bond acceptors (Lipinski definition) is 3. The highest BCUT2D eigenvalue weighted by molar-refractivity contribution is 5.34. The van der Waals surface area contributed by atoms with Crippen molar-refractivity contribution in [2.24, 2.45) is 5.92 Å². The Hall–Kier alpha value is -1.06. The summed E-state index contributed by atoms with van der Waals surface area (Å²) in [6.07, 6.45) is 1.29. The minimum absolute atomic E-state index is 0.210. The Morgan fingerprint density at radius 1 is 1.44 bits per heavy atom. The predicted molar refractivity (Wildman–Crippen MR) is 74.7 cm³/mol. The molecule has 1 fully saturated rings. The molecule has 1 aliphatic heterocycles. The van der Waals surface area contributed by atoms with Crippen LogP contribution in [-0.2, 0) is 0 Å². The molecule has 2 rings (SSSR count). The van der Waals surface area contributed by atoms with E-state index in [0.29, 0.717) is 5.75 Å². The predicted octanol–water partition coefficient (Wildman–Crippen LogP) is 2.38. The maximum atomic E-state index is 9.80.